The molecule has 1 aliphatic rings. The second kappa shape index (κ2) is 6.77. The van der Waals surface area contributed by atoms with Crippen molar-refractivity contribution in [3.63, 3.8) is 0 Å². The van der Waals surface area contributed by atoms with Crippen LogP contribution in [-0.4, -0.2) is 33.6 Å². The third kappa shape index (κ3) is 3.96. The normalized spacial score (nSPS) is 17.2. The second-order valence-corrected chi connectivity index (χ2v) is 5.88. The molecule has 2 rings (SSSR count). The summed E-state index contributed by atoms with van der Waals surface area (Å²) in [6.07, 6.45) is 4.69. The van der Waals surface area contributed by atoms with E-state index in [1.807, 2.05) is 13.8 Å². The van der Waals surface area contributed by atoms with Gasteiger partial charge >= 0.3 is 5.97 Å². The molecule has 0 radical (unpaired) electrons. The molecule has 1 amide bonds. The first-order valence-electron chi connectivity index (χ1n) is 7.61. The molecule has 1 aliphatic carbocycles. The summed E-state index contributed by atoms with van der Waals surface area (Å²) in [5.74, 6) is -0.768. The number of ether oxygens (including phenoxy) is 1. The predicted molar refractivity (Wildman–Crippen MR) is 80.9 cm³/mol. The van der Waals surface area contributed by atoms with Crippen LogP contribution in [0.3, 0.4) is 0 Å². The standard InChI is InChI=1S/C16H22N2O4/c1-3-11(2)22-13-9-12(5-8-17-13)15(21)18-16(6-4-7-16)10-14(19)20/h5,8-9,11H,3-4,6-7,10H2,1-2H3,(H,18,21)(H,19,20). The van der Waals surface area contributed by atoms with E-state index in [1.54, 1.807) is 12.1 Å². The number of nitrogens with one attached hydrogen (secondary N) is 1. The molecule has 1 aromatic heterocycles. The van der Waals surface area contributed by atoms with E-state index in [1.165, 1.54) is 6.20 Å². The van der Waals surface area contributed by atoms with Crippen LogP contribution in [0.15, 0.2) is 18.3 Å². The fourth-order valence-corrected chi connectivity index (χ4v) is 2.46. The van der Waals surface area contributed by atoms with Gasteiger partial charge in [-0.05, 0) is 38.7 Å². The fraction of sp³-hybridized carbons (Fsp3) is 0.562. The van der Waals surface area contributed by atoms with Gasteiger partial charge in [0.1, 0.15) is 0 Å². The molecule has 0 bridgehead atoms. The smallest absolute Gasteiger partial charge is 0.305 e. The van der Waals surface area contributed by atoms with E-state index in [0.29, 0.717) is 24.3 Å². The topological polar surface area (TPSA) is 88.5 Å². The van der Waals surface area contributed by atoms with Crippen LogP contribution in [0.25, 0.3) is 0 Å². The zero-order valence-corrected chi connectivity index (χ0v) is 13.0. The number of rotatable bonds is 7. The third-order valence-electron chi connectivity index (χ3n) is 4.07. The van der Waals surface area contributed by atoms with Crippen LogP contribution in [0.2, 0.25) is 0 Å². The van der Waals surface area contributed by atoms with Gasteiger partial charge in [-0.15, -0.1) is 0 Å². The predicted octanol–water partition coefficient (Wildman–Crippen LogP) is 2.39. The zero-order valence-electron chi connectivity index (χ0n) is 13.0. The van der Waals surface area contributed by atoms with Crippen molar-refractivity contribution in [3.05, 3.63) is 23.9 Å². The summed E-state index contributed by atoms with van der Waals surface area (Å²) in [6, 6.07) is 3.20. The van der Waals surface area contributed by atoms with E-state index in [2.05, 4.69) is 10.3 Å². The first-order chi connectivity index (χ1) is 10.4. The quantitative estimate of drug-likeness (QED) is 0.807. The summed E-state index contributed by atoms with van der Waals surface area (Å²) in [6.45, 7) is 3.94. The Morgan fingerprint density at radius 3 is 2.77 bits per heavy atom. The maximum atomic E-state index is 12.4. The molecule has 120 valence electrons. The molecule has 1 saturated carbocycles. The van der Waals surface area contributed by atoms with E-state index in [4.69, 9.17) is 9.84 Å². The Morgan fingerprint density at radius 1 is 1.50 bits per heavy atom. The number of pyridine rings is 1. The van der Waals surface area contributed by atoms with Crippen molar-refractivity contribution in [2.24, 2.45) is 0 Å². The number of hydrogen-bond acceptors (Lipinski definition) is 4. The zero-order chi connectivity index (χ0) is 16.2. The fourth-order valence-electron chi connectivity index (χ4n) is 2.46. The van der Waals surface area contributed by atoms with Gasteiger partial charge in [-0.3, -0.25) is 9.59 Å². The number of aliphatic carboxylic acids is 1. The summed E-state index contributed by atoms with van der Waals surface area (Å²) in [7, 11) is 0. The molecular formula is C16H22N2O4. The largest absolute Gasteiger partial charge is 0.481 e. The Bertz CT molecular complexity index is 555. The van der Waals surface area contributed by atoms with E-state index in [9.17, 15) is 9.59 Å². The molecule has 1 unspecified atom stereocenters. The van der Waals surface area contributed by atoms with Gasteiger partial charge in [-0.1, -0.05) is 6.92 Å². The molecule has 6 nitrogen and oxygen atoms in total. The monoisotopic (exact) mass is 306 g/mol. The maximum absolute atomic E-state index is 12.4. The molecule has 0 aliphatic heterocycles. The van der Waals surface area contributed by atoms with E-state index < -0.39 is 11.5 Å². The molecule has 6 heteroatoms. The molecule has 1 heterocycles. The van der Waals surface area contributed by atoms with Crippen molar-refractivity contribution < 1.29 is 19.4 Å². The Labute approximate surface area is 129 Å². The number of carboxylic acid groups (broad SMARTS) is 1. The highest BCUT2D eigenvalue weighted by Crippen LogP contribution is 2.35. The van der Waals surface area contributed by atoms with Crippen LogP contribution in [0.4, 0.5) is 0 Å². The minimum absolute atomic E-state index is 0.0239. The Balaban J connectivity index is 2.06. The van der Waals surface area contributed by atoms with Crippen LogP contribution in [-0.2, 0) is 4.79 Å². The molecule has 2 N–H and O–H groups in total. The summed E-state index contributed by atoms with van der Waals surface area (Å²) in [4.78, 5) is 27.4. The lowest BCUT2D eigenvalue weighted by Gasteiger charge is -2.41. The van der Waals surface area contributed by atoms with Gasteiger partial charge in [0.2, 0.25) is 5.88 Å². The number of aromatic nitrogens is 1. The average molecular weight is 306 g/mol. The highest BCUT2D eigenvalue weighted by Gasteiger charge is 2.40. The Morgan fingerprint density at radius 2 is 2.23 bits per heavy atom. The second-order valence-electron chi connectivity index (χ2n) is 5.88. The van der Waals surface area contributed by atoms with Gasteiger partial charge < -0.3 is 15.2 Å². The average Bonchev–Trinajstić information content (AvgIpc) is 2.44. The molecule has 1 atom stereocenters. The van der Waals surface area contributed by atoms with Gasteiger partial charge in [0.05, 0.1) is 18.1 Å². The Kier molecular flexibility index (Phi) is 5.00. The van der Waals surface area contributed by atoms with Gasteiger partial charge in [-0.2, -0.15) is 0 Å². The van der Waals surface area contributed by atoms with Crippen LogP contribution >= 0.6 is 0 Å². The molecule has 0 saturated heterocycles. The number of nitrogens with zero attached hydrogens (tertiary/aromatic N) is 1. The van der Waals surface area contributed by atoms with Gasteiger partial charge in [-0.25, -0.2) is 4.98 Å². The van der Waals surface area contributed by atoms with Crippen molar-refractivity contribution in [2.45, 2.75) is 57.6 Å². The lowest BCUT2D eigenvalue weighted by molar-refractivity contribution is -0.139. The summed E-state index contributed by atoms with van der Waals surface area (Å²) in [5, 5.41) is 11.9. The number of carboxylic acids is 1. The van der Waals surface area contributed by atoms with Gasteiger partial charge in [0.15, 0.2) is 0 Å². The first-order valence-corrected chi connectivity index (χ1v) is 7.61. The molecule has 22 heavy (non-hydrogen) atoms. The van der Waals surface area contributed by atoms with Crippen LogP contribution < -0.4 is 10.1 Å². The summed E-state index contributed by atoms with van der Waals surface area (Å²) >= 11 is 0. The van der Waals surface area contributed by atoms with Crippen molar-refractivity contribution in [3.8, 4) is 5.88 Å². The van der Waals surface area contributed by atoms with Crippen LogP contribution in [0.5, 0.6) is 5.88 Å². The SMILES string of the molecule is CCC(C)Oc1cc(C(=O)NC2(CC(=O)O)CCC2)ccn1. The minimum Gasteiger partial charge on any atom is -0.481 e. The molecule has 1 fully saturated rings. The maximum Gasteiger partial charge on any atom is 0.305 e. The molecule has 0 aromatic carbocycles. The first kappa shape index (κ1) is 16.3. The van der Waals surface area contributed by atoms with Gasteiger partial charge in [0, 0.05) is 17.8 Å². The number of carbonyl (C=O) groups is 2. The summed E-state index contributed by atoms with van der Waals surface area (Å²) in [5.41, 5.74) is -0.172. The highest BCUT2D eigenvalue weighted by atomic mass is 16.5. The van der Waals surface area contributed by atoms with E-state index >= 15 is 0 Å². The highest BCUT2D eigenvalue weighted by molar-refractivity contribution is 5.95. The summed E-state index contributed by atoms with van der Waals surface area (Å²) < 4.78 is 5.60. The minimum atomic E-state index is -0.893. The lowest BCUT2D eigenvalue weighted by Crippen LogP contribution is -2.54. The van der Waals surface area contributed by atoms with E-state index in [-0.39, 0.29) is 18.4 Å². The van der Waals surface area contributed by atoms with Crippen LogP contribution in [0.1, 0.15) is 56.3 Å². The van der Waals surface area contributed by atoms with Crippen molar-refractivity contribution in [2.75, 3.05) is 0 Å². The number of carbonyl (C=O) groups excluding carboxylic acids is 1. The molecular weight excluding hydrogens is 284 g/mol. The van der Waals surface area contributed by atoms with Crippen molar-refractivity contribution >= 4 is 11.9 Å². The Hall–Kier alpha value is -2.11. The number of hydrogen-bond donors (Lipinski definition) is 2. The third-order valence-corrected chi connectivity index (χ3v) is 4.07. The van der Waals surface area contributed by atoms with Crippen molar-refractivity contribution in [1.82, 2.24) is 10.3 Å². The van der Waals surface area contributed by atoms with Crippen LogP contribution in [0, 0.1) is 0 Å². The number of amides is 1. The molecule has 0 spiro atoms. The molecule has 1 aromatic rings. The van der Waals surface area contributed by atoms with Gasteiger partial charge in [0.25, 0.3) is 5.91 Å². The lowest BCUT2D eigenvalue weighted by atomic mass is 9.74. The van der Waals surface area contributed by atoms with E-state index in [0.717, 1.165) is 12.8 Å². The van der Waals surface area contributed by atoms with Crippen molar-refractivity contribution in [1.29, 1.82) is 0 Å².